The zero-order valence-electron chi connectivity index (χ0n) is 15.4. The Morgan fingerprint density at radius 1 is 1.36 bits per heavy atom. The molecule has 1 amide bonds. The van der Waals surface area contributed by atoms with Crippen molar-refractivity contribution in [2.75, 3.05) is 0 Å². The number of allylic oxidation sites excluding steroid dienone is 2. The van der Waals surface area contributed by atoms with Gasteiger partial charge >= 0.3 is 6.18 Å². The first-order valence-electron chi connectivity index (χ1n) is 9.15. The number of rotatable bonds is 5. The van der Waals surface area contributed by atoms with Crippen molar-refractivity contribution in [3.05, 3.63) is 58.4 Å². The van der Waals surface area contributed by atoms with E-state index in [0.29, 0.717) is 17.1 Å². The summed E-state index contributed by atoms with van der Waals surface area (Å²) in [7, 11) is 0. The van der Waals surface area contributed by atoms with E-state index < -0.39 is 11.9 Å². The molecule has 1 aromatic carbocycles. The highest BCUT2D eigenvalue weighted by Gasteiger charge is 2.35. The number of amides is 1. The van der Waals surface area contributed by atoms with E-state index in [4.69, 9.17) is 11.6 Å². The molecule has 4 nitrogen and oxygen atoms in total. The molecule has 8 heteroatoms. The Morgan fingerprint density at radius 3 is 2.75 bits per heavy atom. The number of alkyl halides is 3. The van der Waals surface area contributed by atoms with Crippen LogP contribution in [-0.4, -0.2) is 15.7 Å². The predicted octanol–water partition coefficient (Wildman–Crippen LogP) is 5.30. The van der Waals surface area contributed by atoms with Crippen LogP contribution in [0.25, 0.3) is 5.69 Å². The van der Waals surface area contributed by atoms with E-state index in [2.05, 4.69) is 23.4 Å². The molecular formula is C20H21ClF3N3O. The Labute approximate surface area is 166 Å². The summed E-state index contributed by atoms with van der Waals surface area (Å²) in [6, 6.07) is 7.36. The second kappa shape index (κ2) is 8.39. The summed E-state index contributed by atoms with van der Waals surface area (Å²) < 4.78 is 40.6. The Morgan fingerprint density at radius 2 is 2.14 bits per heavy atom. The van der Waals surface area contributed by atoms with Gasteiger partial charge in [-0.3, -0.25) is 4.79 Å². The van der Waals surface area contributed by atoms with Crippen molar-refractivity contribution in [2.24, 2.45) is 5.92 Å². The molecule has 0 aliphatic heterocycles. The standard InChI is InChI=1S/C20H21ClF3N3O/c1-2-13-6-8-14(9-7-13)19(28)25-12-17-11-18(20(22,23)24)26-27(17)16-5-3-4-15(21)10-16/h3-6,10-11,14H,2,7-9,12H2,1H3,(H,25,28). The van der Waals surface area contributed by atoms with Crippen LogP contribution in [0.5, 0.6) is 0 Å². The number of benzene rings is 1. The monoisotopic (exact) mass is 411 g/mol. The highest BCUT2D eigenvalue weighted by Crippen LogP contribution is 2.30. The maximum atomic E-state index is 13.1. The lowest BCUT2D eigenvalue weighted by Crippen LogP contribution is -2.31. The van der Waals surface area contributed by atoms with Gasteiger partial charge < -0.3 is 5.32 Å². The number of nitrogens with zero attached hydrogens (tertiary/aromatic N) is 2. The van der Waals surface area contributed by atoms with Crippen LogP contribution in [0.2, 0.25) is 5.02 Å². The van der Waals surface area contributed by atoms with E-state index in [1.165, 1.54) is 16.3 Å². The van der Waals surface area contributed by atoms with Gasteiger partial charge in [-0.1, -0.05) is 36.2 Å². The van der Waals surface area contributed by atoms with Crippen LogP contribution in [0.4, 0.5) is 13.2 Å². The first-order valence-corrected chi connectivity index (χ1v) is 9.53. The van der Waals surface area contributed by atoms with Gasteiger partial charge in [0.1, 0.15) is 0 Å². The van der Waals surface area contributed by atoms with Crippen LogP contribution in [0, 0.1) is 5.92 Å². The van der Waals surface area contributed by atoms with Crippen LogP contribution in [0.1, 0.15) is 44.0 Å². The van der Waals surface area contributed by atoms with Crippen LogP contribution in [-0.2, 0) is 17.5 Å². The topological polar surface area (TPSA) is 46.9 Å². The Balaban J connectivity index is 1.78. The fourth-order valence-electron chi connectivity index (χ4n) is 3.29. The molecule has 1 aliphatic carbocycles. The normalized spacial score (nSPS) is 17.3. The van der Waals surface area contributed by atoms with Gasteiger partial charge in [0.25, 0.3) is 0 Å². The van der Waals surface area contributed by atoms with E-state index >= 15 is 0 Å². The van der Waals surface area contributed by atoms with E-state index in [9.17, 15) is 18.0 Å². The average molecular weight is 412 g/mol. The lowest BCUT2D eigenvalue weighted by Gasteiger charge is -2.21. The summed E-state index contributed by atoms with van der Waals surface area (Å²) in [5.74, 6) is -0.307. The number of hydrogen-bond acceptors (Lipinski definition) is 2. The summed E-state index contributed by atoms with van der Waals surface area (Å²) in [6.45, 7) is 2.04. The first kappa shape index (κ1) is 20.5. The van der Waals surface area contributed by atoms with Crippen LogP contribution in [0.3, 0.4) is 0 Å². The molecule has 0 saturated carbocycles. The molecule has 0 fully saturated rings. The minimum Gasteiger partial charge on any atom is -0.350 e. The third-order valence-electron chi connectivity index (χ3n) is 4.90. The molecule has 1 N–H and O–H groups in total. The lowest BCUT2D eigenvalue weighted by molar-refractivity contribution is -0.141. The van der Waals surface area contributed by atoms with E-state index in [-0.39, 0.29) is 24.1 Å². The van der Waals surface area contributed by atoms with Gasteiger partial charge in [-0.15, -0.1) is 0 Å². The molecule has 150 valence electrons. The SMILES string of the molecule is CCC1=CCC(C(=O)NCc2cc(C(F)(F)F)nn2-c2cccc(Cl)c2)CC1. The van der Waals surface area contributed by atoms with Gasteiger partial charge in [-0.2, -0.15) is 18.3 Å². The molecular weight excluding hydrogens is 391 g/mol. The number of aromatic nitrogens is 2. The second-order valence-electron chi connectivity index (χ2n) is 6.82. The molecule has 3 rings (SSSR count). The Hall–Kier alpha value is -2.28. The van der Waals surface area contributed by atoms with Gasteiger partial charge in [0.2, 0.25) is 5.91 Å². The average Bonchev–Trinajstić information content (AvgIpc) is 3.11. The lowest BCUT2D eigenvalue weighted by atomic mass is 9.88. The molecule has 1 aliphatic rings. The Bertz CT molecular complexity index is 889. The van der Waals surface area contributed by atoms with Crippen molar-refractivity contribution in [3.63, 3.8) is 0 Å². The van der Waals surface area contributed by atoms with Crippen molar-refractivity contribution in [3.8, 4) is 5.69 Å². The van der Waals surface area contributed by atoms with Gasteiger partial charge in [0.05, 0.1) is 17.9 Å². The van der Waals surface area contributed by atoms with Gasteiger partial charge in [-0.05, 0) is 49.9 Å². The molecule has 1 heterocycles. The first-order chi connectivity index (χ1) is 13.3. The molecule has 0 radical (unpaired) electrons. The van der Waals surface area contributed by atoms with Crippen LogP contribution in [0.15, 0.2) is 42.0 Å². The number of carbonyl (C=O) groups excluding carboxylic acids is 1. The summed E-state index contributed by atoms with van der Waals surface area (Å²) >= 11 is 5.96. The summed E-state index contributed by atoms with van der Waals surface area (Å²) in [4.78, 5) is 12.5. The minimum absolute atomic E-state index is 0.0464. The third-order valence-corrected chi connectivity index (χ3v) is 5.14. The molecule has 28 heavy (non-hydrogen) atoms. The maximum Gasteiger partial charge on any atom is 0.435 e. The van der Waals surface area contributed by atoms with E-state index in [0.717, 1.165) is 25.3 Å². The highest BCUT2D eigenvalue weighted by atomic mass is 35.5. The van der Waals surface area contributed by atoms with Crippen molar-refractivity contribution in [1.29, 1.82) is 0 Å². The van der Waals surface area contributed by atoms with E-state index in [1.807, 2.05) is 0 Å². The third kappa shape index (κ3) is 4.76. The van der Waals surface area contributed by atoms with E-state index in [1.54, 1.807) is 18.2 Å². The highest BCUT2D eigenvalue weighted by molar-refractivity contribution is 6.30. The molecule has 0 spiro atoms. The molecule has 1 unspecified atom stereocenters. The summed E-state index contributed by atoms with van der Waals surface area (Å²) in [5.41, 5.74) is 0.979. The zero-order chi connectivity index (χ0) is 20.3. The van der Waals surface area contributed by atoms with Gasteiger partial charge in [-0.25, -0.2) is 4.68 Å². The minimum atomic E-state index is -4.58. The molecule has 2 aromatic rings. The van der Waals surface area contributed by atoms with Crippen molar-refractivity contribution in [1.82, 2.24) is 15.1 Å². The maximum absolute atomic E-state index is 13.1. The Kier molecular flexibility index (Phi) is 6.13. The van der Waals surface area contributed by atoms with Crippen molar-refractivity contribution >= 4 is 17.5 Å². The smallest absolute Gasteiger partial charge is 0.350 e. The summed E-state index contributed by atoms with van der Waals surface area (Å²) in [6.07, 6.45) is 0.795. The van der Waals surface area contributed by atoms with Crippen molar-refractivity contribution in [2.45, 2.75) is 45.3 Å². The largest absolute Gasteiger partial charge is 0.435 e. The van der Waals surface area contributed by atoms with Crippen LogP contribution < -0.4 is 5.32 Å². The number of hydrogen-bond donors (Lipinski definition) is 1. The predicted molar refractivity (Wildman–Crippen MR) is 101 cm³/mol. The molecule has 1 aromatic heterocycles. The fourth-order valence-corrected chi connectivity index (χ4v) is 3.47. The number of carbonyl (C=O) groups is 1. The van der Waals surface area contributed by atoms with Gasteiger partial charge in [0.15, 0.2) is 5.69 Å². The second-order valence-corrected chi connectivity index (χ2v) is 7.25. The molecule has 0 saturated heterocycles. The molecule has 0 bridgehead atoms. The summed E-state index contributed by atoms with van der Waals surface area (Å²) in [5, 5.41) is 6.82. The van der Waals surface area contributed by atoms with Crippen LogP contribution >= 0.6 is 11.6 Å². The fraction of sp³-hybridized carbons (Fsp3) is 0.400. The number of halogens is 4. The van der Waals surface area contributed by atoms with Crippen molar-refractivity contribution < 1.29 is 18.0 Å². The van der Waals surface area contributed by atoms with Gasteiger partial charge in [0, 0.05) is 10.9 Å². The molecule has 1 atom stereocenters. The number of nitrogens with one attached hydrogen (secondary N) is 1. The zero-order valence-corrected chi connectivity index (χ0v) is 16.1. The quantitative estimate of drug-likeness (QED) is 0.679.